The van der Waals surface area contributed by atoms with Gasteiger partial charge in [0, 0.05) is 7.77 Å². The van der Waals surface area contributed by atoms with E-state index in [1.807, 2.05) is 0 Å². The fourth-order valence-electron chi connectivity index (χ4n) is 3.01. The Hall–Kier alpha value is -0.570. The molecule has 1 saturated heterocycles. The summed E-state index contributed by atoms with van der Waals surface area (Å²) >= 11 is 0. The molecule has 7 nitrogen and oxygen atoms in total. The van der Waals surface area contributed by atoms with Crippen LogP contribution in [-0.2, 0) is 9.53 Å². The van der Waals surface area contributed by atoms with Crippen LogP contribution in [0.25, 0.3) is 0 Å². The van der Waals surface area contributed by atoms with Gasteiger partial charge in [-0.25, -0.2) is 0 Å². The summed E-state index contributed by atoms with van der Waals surface area (Å²) in [4.78, 5) is 12.2. The third-order valence-corrected chi connectivity index (χ3v) is 4.69. The molecule has 1 fully saturated rings. The summed E-state index contributed by atoms with van der Waals surface area (Å²) in [6.45, 7) is 1.17. The second-order valence-corrected chi connectivity index (χ2v) is 6.84. The molecule has 1 aliphatic rings. The van der Waals surface area contributed by atoms with E-state index in [2.05, 4.69) is 6.92 Å². The first-order chi connectivity index (χ1) is 12.3. The summed E-state index contributed by atoms with van der Waals surface area (Å²) in [6, 6.07) is 0. The Morgan fingerprint density at radius 2 is 1.64 bits per heavy atom. The predicted octanol–water partition coefficient (Wildman–Crippen LogP) is 0.639. The molecule has 1 aliphatic heterocycles. The number of aliphatic hydroxyl groups excluding tert-OH is 4. The van der Waals surface area contributed by atoms with Crippen molar-refractivity contribution < 1.29 is 36.4 Å². The molecule has 1 heterocycles. The zero-order chi connectivity index (χ0) is 19.7. The van der Waals surface area contributed by atoms with Crippen LogP contribution in [-0.4, -0.2) is 68.1 Å². The van der Waals surface area contributed by atoms with E-state index < -0.39 is 49.0 Å². The first kappa shape index (κ1) is 20.7. The number of Topliss-reactive ketones (excluding diaryl/α,β-unsaturated/α-hetero) is 1. The fraction of sp³-hybridized carbons (Fsp3) is 0.944. The molecule has 0 aliphatic carbocycles. The van der Waals surface area contributed by atoms with E-state index in [0.717, 1.165) is 19.3 Å². The second-order valence-electron chi connectivity index (χ2n) is 6.84. The van der Waals surface area contributed by atoms with Gasteiger partial charge < -0.3 is 30.3 Å². The topological polar surface area (TPSA) is 127 Å². The minimum atomic E-state index is -2.43. The van der Waals surface area contributed by atoms with Crippen molar-refractivity contribution in [2.45, 2.75) is 101 Å². The molecule has 5 N–H and O–H groups in total. The molecular weight excluding hydrogens is 328 g/mol. The second kappa shape index (κ2) is 11.2. The maximum atomic E-state index is 12.2. The third-order valence-electron chi connectivity index (χ3n) is 4.69. The molecule has 25 heavy (non-hydrogen) atoms. The summed E-state index contributed by atoms with van der Waals surface area (Å²) in [7, 11) is 0. The molecule has 0 aromatic carbocycles. The number of unbranched alkanes of at least 4 members (excludes halogenated alkanes) is 7. The van der Waals surface area contributed by atoms with E-state index in [9.17, 15) is 25.2 Å². The van der Waals surface area contributed by atoms with Crippen LogP contribution in [0.2, 0.25) is 0 Å². The number of rotatable bonds is 13. The molecule has 0 aromatic rings. The highest BCUT2D eigenvalue weighted by Gasteiger charge is 2.56. The van der Waals surface area contributed by atoms with Gasteiger partial charge in [-0.2, -0.15) is 0 Å². The van der Waals surface area contributed by atoms with Crippen molar-refractivity contribution in [1.29, 1.82) is 0 Å². The number of hydrogen-bond donors (Lipinski definition) is 5. The van der Waals surface area contributed by atoms with Gasteiger partial charge in [-0.05, 0) is 6.42 Å². The number of carbonyl (C=O) groups is 1. The molecule has 0 bridgehead atoms. The maximum absolute atomic E-state index is 12.2. The van der Waals surface area contributed by atoms with Gasteiger partial charge in [0.15, 0.2) is 5.78 Å². The molecule has 0 saturated carbocycles. The highest BCUT2D eigenvalue weighted by molar-refractivity contribution is 5.83. The summed E-state index contributed by atoms with van der Waals surface area (Å²) in [5.41, 5.74) is 0. The SMILES string of the molecule is [2H]C(CCCCCCCCCC)C(=O)C(O)[C@H]1OC(O)(CO)[C@@H](O)[C@@H]1O. The Kier molecular flexibility index (Phi) is 9.30. The lowest BCUT2D eigenvalue weighted by molar-refractivity contribution is -0.252. The number of hydrogen-bond acceptors (Lipinski definition) is 7. The van der Waals surface area contributed by atoms with Crippen molar-refractivity contribution in [3.05, 3.63) is 0 Å². The Balaban J connectivity index is 2.34. The summed E-state index contributed by atoms with van der Waals surface area (Å²) in [6.07, 6.45) is 0.784. The summed E-state index contributed by atoms with van der Waals surface area (Å²) in [5.74, 6) is -3.26. The van der Waals surface area contributed by atoms with E-state index in [1.54, 1.807) is 0 Å². The molecule has 0 aromatic heterocycles. The van der Waals surface area contributed by atoms with Crippen molar-refractivity contribution in [1.82, 2.24) is 0 Å². The van der Waals surface area contributed by atoms with Gasteiger partial charge in [-0.1, -0.05) is 58.3 Å². The van der Waals surface area contributed by atoms with Gasteiger partial charge >= 0.3 is 0 Å². The first-order valence-corrected chi connectivity index (χ1v) is 9.29. The monoisotopic (exact) mass is 363 g/mol. The van der Waals surface area contributed by atoms with Crippen LogP contribution in [0.5, 0.6) is 0 Å². The van der Waals surface area contributed by atoms with Crippen molar-refractivity contribution >= 4 is 5.78 Å². The molecular formula is C18H34O7. The van der Waals surface area contributed by atoms with Gasteiger partial charge in [0.1, 0.15) is 24.4 Å². The van der Waals surface area contributed by atoms with Gasteiger partial charge in [0.2, 0.25) is 5.79 Å². The molecule has 148 valence electrons. The third kappa shape index (κ3) is 6.58. The normalized spacial score (nSPS) is 32.4. The summed E-state index contributed by atoms with van der Waals surface area (Å²) in [5, 5.41) is 48.4. The molecule has 0 radical (unpaired) electrons. The van der Waals surface area contributed by atoms with E-state index in [4.69, 9.17) is 11.2 Å². The number of aliphatic hydroxyl groups is 5. The van der Waals surface area contributed by atoms with Crippen LogP contribution < -0.4 is 0 Å². The highest BCUT2D eigenvalue weighted by atomic mass is 16.7. The lowest BCUT2D eigenvalue weighted by Crippen LogP contribution is -2.46. The Morgan fingerprint density at radius 1 is 1.12 bits per heavy atom. The van der Waals surface area contributed by atoms with Crippen LogP contribution >= 0.6 is 0 Å². The van der Waals surface area contributed by atoms with Crippen LogP contribution in [0.3, 0.4) is 0 Å². The lowest BCUT2D eigenvalue weighted by atomic mass is 9.97. The molecule has 0 amide bonds. The van der Waals surface area contributed by atoms with Crippen molar-refractivity contribution in [3.8, 4) is 0 Å². The average Bonchev–Trinajstić information content (AvgIpc) is 2.87. The predicted molar refractivity (Wildman–Crippen MR) is 91.8 cm³/mol. The first-order valence-electron chi connectivity index (χ1n) is 9.87. The zero-order valence-corrected chi connectivity index (χ0v) is 15.0. The van der Waals surface area contributed by atoms with Gasteiger partial charge in [-0.3, -0.25) is 4.79 Å². The summed E-state index contributed by atoms with van der Waals surface area (Å²) < 4.78 is 12.8. The average molecular weight is 363 g/mol. The van der Waals surface area contributed by atoms with Crippen LogP contribution in [0, 0.1) is 0 Å². The lowest BCUT2D eigenvalue weighted by Gasteiger charge is -2.23. The largest absolute Gasteiger partial charge is 0.391 e. The molecule has 7 heteroatoms. The van der Waals surface area contributed by atoms with Crippen LogP contribution in [0.4, 0.5) is 0 Å². The van der Waals surface area contributed by atoms with E-state index in [-0.39, 0.29) is 0 Å². The number of ether oxygens (including phenoxy) is 1. The standard InChI is InChI=1S/C18H34O7/c1-2-3-4-5-6-7-8-9-10-11-13(20)14(21)16-15(22)17(23)18(24,12-19)25-16/h14-17,19,21-24H,2-12H2,1H3/t14?,15-,16-,17+,18?/m1/s1/i11D/t11?,14?,15-,16-,17+,18?. The molecule has 0 spiro atoms. The molecule has 6 atom stereocenters. The smallest absolute Gasteiger partial charge is 0.219 e. The Bertz CT molecular complexity index is 422. The maximum Gasteiger partial charge on any atom is 0.219 e. The fourth-order valence-corrected chi connectivity index (χ4v) is 3.01. The Labute approximate surface area is 151 Å². The van der Waals surface area contributed by atoms with Crippen molar-refractivity contribution in [2.24, 2.45) is 0 Å². The minimum absolute atomic E-state index is 0.292. The van der Waals surface area contributed by atoms with E-state index >= 15 is 0 Å². The quantitative estimate of drug-likeness (QED) is 0.304. The van der Waals surface area contributed by atoms with E-state index in [1.165, 1.54) is 25.7 Å². The minimum Gasteiger partial charge on any atom is -0.391 e. The number of carbonyl (C=O) groups excluding carboxylic acids is 1. The Morgan fingerprint density at radius 3 is 2.12 bits per heavy atom. The van der Waals surface area contributed by atoms with Crippen molar-refractivity contribution in [3.63, 3.8) is 0 Å². The zero-order valence-electron chi connectivity index (χ0n) is 16.0. The van der Waals surface area contributed by atoms with Crippen LogP contribution in [0.1, 0.15) is 72.5 Å². The van der Waals surface area contributed by atoms with Gasteiger partial charge in [0.05, 0.1) is 6.61 Å². The number of ketones is 1. The van der Waals surface area contributed by atoms with E-state index in [0.29, 0.717) is 12.8 Å². The van der Waals surface area contributed by atoms with Gasteiger partial charge in [0.25, 0.3) is 0 Å². The molecule has 1 rings (SSSR count). The van der Waals surface area contributed by atoms with Crippen LogP contribution in [0.15, 0.2) is 0 Å². The molecule has 3 unspecified atom stereocenters. The van der Waals surface area contributed by atoms with Gasteiger partial charge in [-0.15, -0.1) is 0 Å². The van der Waals surface area contributed by atoms with Crippen molar-refractivity contribution in [2.75, 3.05) is 6.61 Å². The highest BCUT2D eigenvalue weighted by Crippen LogP contribution is 2.31.